The molecule has 264 valence electrons. The van der Waals surface area contributed by atoms with Gasteiger partial charge in [0.05, 0.1) is 28.1 Å². The van der Waals surface area contributed by atoms with Crippen LogP contribution in [0.3, 0.4) is 0 Å². The van der Waals surface area contributed by atoms with Gasteiger partial charge in [-0.15, -0.1) is 0 Å². The molecule has 1 unspecified atom stereocenters. The van der Waals surface area contributed by atoms with E-state index in [0.29, 0.717) is 5.82 Å². The van der Waals surface area contributed by atoms with E-state index in [2.05, 4.69) is 181 Å². The van der Waals surface area contributed by atoms with E-state index in [1.54, 1.807) is 0 Å². The first-order chi connectivity index (χ1) is 27.8. The predicted molar refractivity (Wildman–Crippen MR) is 231 cm³/mol. The number of fused-ring (bicyclic) bond motifs is 6. The lowest BCUT2D eigenvalue weighted by molar-refractivity contribution is 0.669. The van der Waals surface area contributed by atoms with Gasteiger partial charge in [-0.1, -0.05) is 152 Å². The molecule has 0 fully saturated rings. The molecular formula is C52H35N3O. The summed E-state index contributed by atoms with van der Waals surface area (Å²) < 4.78 is 8.94. The Morgan fingerprint density at radius 1 is 0.482 bits per heavy atom. The molecule has 11 rings (SSSR count). The highest BCUT2D eigenvalue weighted by Gasteiger charge is 2.26. The Kier molecular flexibility index (Phi) is 7.59. The molecule has 56 heavy (non-hydrogen) atoms. The standard InChI is InChI=1S/C52H35N3O/c1-5-17-34(18-6-1)41-29-38(52-53-45(36-21-9-3-10-22-36)33-46(54-52)37-23-11-4-12-24-37)30-42(35-19-7-2-8-20-35)51(41)55-47-27-15-13-25-39(47)43-32-50-44(31-48(43)55)40-26-14-16-28-49(40)56-50/h1-19,21-33,35H,20H2. The Morgan fingerprint density at radius 2 is 1.12 bits per heavy atom. The van der Waals surface area contributed by atoms with Crippen molar-refractivity contribution in [1.29, 1.82) is 0 Å². The lowest BCUT2D eigenvalue weighted by Crippen LogP contribution is -2.08. The van der Waals surface area contributed by atoms with Crippen LogP contribution in [-0.2, 0) is 0 Å². The Labute approximate surface area is 324 Å². The summed E-state index contributed by atoms with van der Waals surface area (Å²) in [5, 5.41) is 4.57. The van der Waals surface area contributed by atoms with Gasteiger partial charge in [0.25, 0.3) is 0 Å². The van der Waals surface area contributed by atoms with Crippen molar-refractivity contribution in [2.45, 2.75) is 12.3 Å². The first kappa shape index (κ1) is 32.2. The second kappa shape index (κ2) is 13.2. The first-order valence-electron chi connectivity index (χ1n) is 19.2. The Hall–Kier alpha value is -7.30. The highest BCUT2D eigenvalue weighted by Crippen LogP contribution is 2.45. The fourth-order valence-electron chi connectivity index (χ4n) is 8.48. The lowest BCUT2D eigenvalue weighted by atomic mass is 9.86. The molecular weight excluding hydrogens is 683 g/mol. The van der Waals surface area contributed by atoms with Gasteiger partial charge in [-0.25, -0.2) is 9.97 Å². The summed E-state index contributed by atoms with van der Waals surface area (Å²) in [5.41, 5.74) is 13.6. The van der Waals surface area contributed by atoms with Gasteiger partial charge in [0.2, 0.25) is 0 Å². The third-order valence-electron chi connectivity index (χ3n) is 11.1. The van der Waals surface area contributed by atoms with Crippen LogP contribution in [0.4, 0.5) is 0 Å². The van der Waals surface area contributed by atoms with Crippen LogP contribution in [0, 0.1) is 0 Å². The van der Waals surface area contributed by atoms with Gasteiger partial charge in [-0.3, -0.25) is 0 Å². The molecule has 0 saturated heterocycles. The zero-order chi connectivity index (χ0) is 37.0. The molecule has 0 amide bonds. The van der Waals surface area contributed by atoms with Crippen molar-refractivity contribution in [2.75, 3.05) is 0 Å². The third-order valence-corrected chi connectivity index (χ3v) is 11.1. The van der Waals surface area contributed by atoms with Crippen LogP contribution in [-0.4, -0.2) is 14.5 Å². The van der Waals surface area contributed by atoms with Crippen molar-refractivity contribution >= 4 is 43.7 Å². The molecule has 0 radical (unpaired) electrons. The molecule has 0 spiro atoms. The van der Waals surface area contributed by atoms with Crippen molar-refractivity contribution in [3.63, 3.8) is 0 Å². The number of aromatic nitrogens is 3. The van der Waals surface area contributed by atoms with Crippen molar-refractivity contribution < 1.29 is 4.42 Å². The molecule has 0 aliphatic heterocycles. The topological polar surface area (TPSA) is 43.9 Å². The van der Waals surface area contributed by atoms with Crippen LogP contribution < -0.4 is 0 Å². The number of hydrogen-bond donors (Lipinski definition) is 0. The van der Waals surface area contributed by atoms with Crippen LogP contribution in [0.15, 0.2) is 199 Å². The fourth-order valence-corrected chi connectivity index (χ4v) is 8.48. The second-order valence-corrected chi connectivity index (χ2v) is 14.5. The van der Waals surface area contributed by atoms with Gasteiger partial charge in [0, 0.05) is 49.7 Å². The van der Waals surface area contributed by atoms with E-state index in [9.17, 15) is 0 Å². The fraction of sp³-hybridized carbons (Fsp3) is 0.0385. The van der Waals surface area contributed by atoms with Crippen molar-refractivity contribution in [3.8, 4) is 50.7 Å². The third kappa shape index (κ3) is 5.38. The minimum absolute atomic E-state index is 0.123. The van der Waals surface area contributed by atoms with Gasteiger partial charge < -0.3 is 8.98 Å². The average molecular weight is 718 g/mol. The minimum Gasteiger partial charge on any atom is -0.456 e. The summed E-state index contributed by atoms with van der Waals surface area (Å²) in [4.78, 5) is 10.6. The molecule has 0 bridgehead atoms. The monoisotopic (exact) mass is 717 g/mol. The van der Waals surface area contributed by atoms with Crippen molar-refractivity contribution in [2.24, 2.45) is 0 Å². The average Bonchev–Trinajstić information content (AvgIpc) is 3.80. The number of rotatable bonds is 6. The van der Waals surface area contributed by atoms with E-state index >= 15 is 0 Å². The van der Waals surface area contributed by atoms with E-state index in [4.69, 9.17) is 14.4 Å². The molecule has 10 aromatic rings. The normalized spacial score (nSPS) is 14.0. The molecule has 1 aliphatic rings. The smallest absolute Gasteiger partial charge is 0.160 e. The van der Waals surface area contributed by atoms with E-state index in [1.165, 1.54) is 10.9 Å². The quantitative estimate of drug-likeness (QED) is 0.172. The minimum atomic E-state index is 0.123. The SMILES string of the molecule is C1=CCC(c2cc(-c3nc(-c4ccccc4)cc(-c4ccccc4)n3)cc(-c3ccccc3)c2-n2c3ccccc3c3cc4oc5ccccc5c4cc32)C=C1. The van der Waals surface area contributed by atoms with Gasteiger partial charge in [-0.2, -0.15) is 0 Å². The van der Waals surface area contributed by atoms with Gasteiger partial charge in [-0.05, 0) is 60.0 Å². The molecule has 7 aromatic carbocycles. The van der Waals surface area contributed by atoms with Crippen LogP contribution >= 0.6 is 0 Å². The number of allylic oxidation sites excluding steroid dienone is 4. The van der Waals surface area contributed by atoms with E-state index in [-0.39, 0.29) is 5.92 Å². The molecule has 0 N–H and O–H groups in total. The number of benzene rings is 7. The Morgan fingerprint density at radius 3 is 1.82 bits per heavy atom. The molecule has 1 aliphatic carbocycles. The zero-order valence-corrected chi connectivity index (χ0v) is 30.5. The molecule has 1 atom stereocenters. The maximum atomic E-state index is 6.44. The molecule has 4 nitrogen and oxygen atoms in total. The first-order valence-corrected chi connectivity index (χ1v) is 19.2. The number of hydrogen-bond acceptors (Lipinski definition) is 3. The highest BCUT2D eigenvalue weighted by atomic mass is 16.3. The number of para-hydroxylation sites is 2. The van der Waals surface area contributed by atoms with E-state index in [1.807, 2.05) is 18.2 Å². The maximum absolute atomic E-state index is 6.44. The lowest BCUT2D eigenvalue weighted by Gasteiger charge is -2.25. The molecule has 3 aromatic heterocycles. The molecule has 4 heteroatoms. The van der Waals surface area contributed by atoms with E-state index < -0.39 is 0 Å². The van der Waals surface area contributed by atoms with E-state index in [0.717, 1.165) is 89.7 Å². The zero-order valence-electron chi connectivity index (χ0n) is 30.5. The van der Waals surface area contributed by atoms with Crippen LogP contribution in [0.2, 0.25) is 0 Å². The summed E-state index contributed by atoms with van der Waals surface area (Å²) >= 11 is 0. The maximum Gasteiger partial charge on any atom is 0.160 e. The van der Waals surface area contributed by atoms with Gasteiger partial charge >= 0.3 is 0 Å². The van der Waals surface area contributed by atoms with Gasteiger partial charge in [0.15, 0.2) is 5.82 Å². The molecule has 3 heterocycles. The van der Waals surface area contributed by atoms with Crippen LogP contribution in [0.25, 0.3) is 94.5 Å². The van der Waals surface area contributed by atoms with Gasteiger partial charge in [0.1, 0.15) is 11.2 Å². The van der Waals surface area contributed by atoms with Crippen molar-refractivity contribution in [3.05, 3.63) is 200 Å². The summed E-state index contributed by atoms with van der Waals surface area (Å²) in [7, 11) is 0. The van der Waals surface area contributed by atoms with Crippen LogP contribution in [0.1, 0.15) is 17.9 Å². The highest BCUT2D eigenvalue weighted by molar-refractivity contribution is 6.17. The molecule has 0 saturated carbocycles. The largest absolute Gasteiger partial charge is 0.456 e. The summed E-state index contributed by atoms with van der Waals surface area (Å²) in [6.45, 7) is 0. The summed E-state index contributed by atoms with van der Waals surface area (Å²) in [6, 6.07) is 60.0. The summed E-state index contributed by atoms with van der Waals surface area (Å²) in [6.07, 6.45) is 9.83. The van der Waals surface area contributed by atoms with Crippen molar-refractivity contribution in [1.82, 2.24) is 14.5 Å². The second-order valence-electron chi connectivity index (χ2n) is 14.5. The Bertz CT molecular complexity index is 3100. The number of nitrogens with zero attached hydrogens (tertiary/aromatic N) is 3. The Balaban J connectivity index is 1.25. The summed E-state index contributed by atoms with van der Waals surface area (Å²) in [5.74, 6) is 0.817. The van der Waals surface area contributed by atoms with Crippen LogP contribution in [0.5, 0.6) is 0 Å². The predicted octanol–water partition coefficient (Wildman–Crippen LogP) is 13.7. The number of furan rings is 1.